The predicted octanol–water partition coefficient (Wildman–Crippen LogP) is 1.59. The number of rotatable bonds is 5. The summed E-state index contributed by atoms with van der Waals surface area (Å²) < 4.78 is 0. The molecule has 2 amide bonds. The van der Waals surface area contributed by atoms with Crippen LogP contribution in [0.4, 0.5) is 0 Å². The maximum atomic E-state index is 12.3. The lowest BCUT2D eigenvalue weighted by Gasteiger charge is -2.31. The third-order valence-electron chi connectivity index (χ3n) is 5.17. The van der Waals surface area contributed by atoms with E-state index in [1.807, 2.05) is 0 Å². The van der Waals surface area contributed by atoms with Crippen LogP contribution in [0, 0.1) is 17.8 Å². The van der Waals surface area contributed by atoms with Gasteiger partial charge in [-0.25, -0.2) is 0 Å². The van der Waals surface area contributed by atoms with Crippen LogP contribution in [0.1, 0.15) is 51.9 Å². The molecule has 1 aliphatic carbocycles. The number of hydrogen-bond acceptors (Lipinski definition) is 3. The van der Waals surface area contributed by atoms with Crippen molar-refractivity contribution in [2.45, 2.75) is 57.9 Å². The normalized spacial score (nSPS) is 27.5. The van der Waals surface area contributed by atoms with E-state index >= 15 is 0 Å². The third-order valence-corrected chi connectivity index (χ3v) is 5.17. The molecule has 0 radical (unpaired) electrons. The van der Waals surface area contributed by atoms with Gasteiger partial charge in [0.25, 0.3) is 0 Å². The zero-order valence-corrected chi connectivity index (χ0v) is 14.3. The van der Waals surface area contributed by atoms with Crippen molar-refractivity contribution in [2.24, 2.45) is 23.5 Å². The van der Waals surface area contributed by atoms with E-state index in [-0.39, 0.29) is 36.2 Å². The quantitative estimate of drug-likeness (QED) is 0.715. The predicted molar refractivity (Wildman–Crippen MR) is 89.7 cm³/mol. The van der Waals surface area contributed by atoms with Crippen LogP contribution in [0.25, 0.3) is 0 Å². The fraction of sp³-hybridized carbons (Fsp3) is 0.875. The Kier molecular flexibility index (Phi) is 8.18. The molecule has 3 atom stereocenters. The van der Waals surface area contributed by atoms with E-state index in [4.69, 9.17) is 5.73 Å². The molecule has 0 aromatic rings. The van der Waals surface area contributed by atoms with Crippen molar-refractivity contribution in [3.8, 4) is 0 Å². The second-order valence-electron chi connectivity index (χ2n) is 6.74. The highest BCUT2D eigenvalue weighted by molar-refractivity contribution is 5.85. The van der Waals surface area contributed by atoms with Crippen LogP contribution in [0.5, 0.6) is 0 Å². The lowest BCUT2D eigenvalue weighted by Crippen LogP contribution is -2.47. The molecule has 1 aliphatic heterocycles. The average molecular weight is 332 g/mol. The summed E-state index contributed by atoms with van der Waals surface area (Å²) >= 11 is 0. The average Bonchev–Trinajstić information content (AvgIpc) is 2.48. The summed E-state index contributed by atoms with van der Waals surface area (Å²) in [5, 5.41) is 6.42. The third kappa shape index (κ3) is 5.43. The Morgan fingerprint density at radius 1 is 1.18 bits per heavy atom. The monoisotopic (exact) mass is 331 g/mol. The molecule has 3 unspecified atom stereocenters. The molecule has 1 saturated heterocycles. The van der Waals surface area contributed by atoms with Crippen LogP contribution < -0.4 is 16.4 Å². The van der Waals surface area contributed by atoms with Gasteiger partial charge in [0, 0.05) is 12.5 Å². The number of hydrogen-bond donors (Lipinski definition) is 3. The molecule has 4 N–H and O–H groups in total. The van der Waals surface area contributed by atoms with Gasteiger partial charge in [0.1, 0.15) is 0 Å². The summed E-state index contributed by atoms with van der Waals surface area (Å²) in [7, 11) is 0. The van der Waals surface area contributed by atoms with Gasteiger partial charge >= 0.3 is 0 Å². The fourth-order valence-electron chi connectivity index (χ4n) is 3.78. The second-order valence-corrected chi connectivity index (χ2v) is 6.74. The van der Waals surface area contributed by atoms with Crippen molar-refractivity contribution in [1.82, 2.24) is 10.6 Å². The van der Waals surface area contributed by atoms with Gasteiger partial charge in [0.05, 0.1) is 5.92 Å². The Morgan fingerprint density at radius 3 is 2.45 bits per heavy atom. The molecule has 2 aliphatic rings. The highest BCUT2D eigenvalue weighted by Gasteiger charge is 2.31. The van der Waals surface area contributed by atoms with Gasteiger partial charge in [0.2, 0.25) is 11.8 Å². The molecule has 2 fully saturated rings. The van der Waals surface area contributed by atoms with Gasteiger partial charge in [-0.05, 0) is 50.6 Å². The number of halogens is 1. The number of carbonyl (C=O) groups is 2. The van der Waals surface area contributed by atoms with Gasteiger partial charge in [-0.3, -0.25) is 9.59 Å². The smallest absolute Gasteiger partial charge is 0.222 e. The molecule has 6 heteroatoms. The topological polar surface area (TPSA) is 84.2 Å². The molecule has 1 heterocycles. The number of piperidine rings is 1. The number of amides is 2. The first-order chi connectivity index (χ1) is 10.1. The highest BCUT2D eigenvalue weighted by Crippen LogP contribution is 2.26. The number of nitrogens with one attached hydrogen (secondary N) is 2. The largest absolute Gasteiger partial charge is 0.369 e. The number of carbonyl (C=O) groups excluding carboxylic acids is 2. The van der Waals surface area contributed by atoms with E-state index in [0.717, 1.165) is 51.6 Å². The van der Waals surface area contributed by atoms with Crippen molar-refractivity contribution in [3.63, 3.8) is 0 Å². The van der Waals surface area contributed by atoms with Crippen molar-refractivity contribution >= 4 is 24.2 Å². The molecule has 1 saturated carbocycles. The van der Waals surface area contributed by atoms with E-state index in [0.29, 0.717) is 18.3 Å². The highest BCUT2D eigenvalue weighted by atomic mass is 35.5. The number of nitrogens with two attached hydrogens (primary N) is 1. The fourth-order valence-corrected chi connectivity index (χ4v) is 3.78. The summed E-state index contributed by atoms with van der Waals surface area (Å²) in [4.78, 5) is 23.7. The standard InChI is InChI=1S/C16H29N3O2.ClH/c1-11(12-6-8-18-9-7-12)10-15(20)19-14-5-3-2-4-13(14)16(17)21;/h11-14,18H,2-10H2,1H3,(H2,17,21)(H,19,20);1H. The summed E-state index contributed by atoms with van der Waals surface area (Å²) in [6.07, 6.45) is 6.66. The minimum atomic E-state index is -0.272. The summed E-state index contributed by atoms with van der Waals surface area (Å²) in [5.74, 6) is 0.667. The molecule has 128 valence electrons. The molecular weight excluding hydrogens is 302 g/mol. The van der Waals surface area contributed by atoms with E-state index in [9.17, 15) is 9.59 Å². The molecule has 5 nitrogen and oxygen atoms in total. The zero-order valence-electron chi connectivity index (χ0n) is 13.5. The van der Waals surface area contributed by atoms with Gasteiger partial charge in [-0.2, -0.15) is 0 Å². The van der Waals surface area contributed by atoms with Crippen molar-refractivity contribution in [3.05, 3.63) is 0 Å². The molecule has 2 rings (SSSR count). The van der Waals surface area contributed by atoms with Gasteiger partial charge in [0.15, 0.2) is 0 Å². The minimum Gasteiger partial charge on any atom is -0.369 e. The lowest BCUT2D eigenvalue weighted by atomic mass is 9.82. The first kappa shape index (κ1) is 19.2. The second kappa shape index (κ2) is 9.36. The lowest BCUT2D eigenvalue weighted by molar-refractivity contribution is -0.126. The zero-order chi connectivity index (χ0) is 15.2. The van der Waals surface area contributed by atoms with Gasteiger partial charge in [-0.1, -0.05) is 19.8 Å². The van der Waals surface area contributed by atoms with Crippen molar-refractivity contribution in [2.75, 3.05) is 13.1 Å². The van der Waals surface area contributed by atoms with Crippen LogP contribution in [0.2, 0.25) is 0 Å². The van der Waals surface area contributed by atoms with Gasteiger partial charge in [-0.15, -0.1) is 12.4 Å². The Hall–Kier alpha value is -0.810. The van der Waals surface area contributed by atoms with Crippen LogP contribution in [-0.4, -0.2) is 30.9 Å². The first-order valence-corrected chi connectivity index (χ1v) is 8.37. The molecule has 0 aromatic carbocycles. The molecule has 0 bridgehead atoms. The SMILES string of the molecule is CC(CC(=O)NC1CCCCC1C(N)=O)C1CCNCC1.Cl. The maximum Gasteiger partial charge on any atom is 0.222 e. The summed E-state index contributed by atoms with van der Waals surface area (Å²) in [6.45, 7) is 4.29. The van der Waals surface area contributed by atoms with Crippen molar-refractivity contribution in [1.29, 1.82) is 0 Å². The van der Waals surface area contributed by atoms with E-state index < -0.39 is 0 Å². The summed E-state index contributed by atoms with van der Waals surface area (Å²) in [6, 6.07) is -0.0519. The molecule has 0 spiro atoms. The molecular formula is C16H30ClN3O2. The summed E-state index contributed by atoms with van der Waals surface area (Å²) in [5.41, 5.74) is 5.45. The molecule has 22 heavy (non-hydrogen) atoms. The Balaban J connectivity index is 0.00000242. The van der Waals surface area contributed by atoms with Crippen LogP contribution >= 0.6 is 12.4 Å². The number of primary amides is 1. The van der Waals surface area contributed by atoms with E-state index in [2.05, 4.69) is 17.6 Å². The minimum absolute atomic E-state index is 0. The molecule has 0 aromatic heterocycles. The van der Waals surface area contributed by atoms with E-state index in [1.54, 1.807) is 0 Å². The van der Waals surface area contributed by atoms with Crippen LogP contribution in [0.15, 0.2) is 0 Å². The van der Waals surface area contributed by atoms with Crippen LogP contribution in [0.3, 0.4) is 0 Å². The van der Waals surface area contributed by atoms with Gasteiger partial charge < -0.3 is 16.4 Å². The Labute approximate surface area is 139 Å². The van der Waals surface area contributed by atoms with Crippen molar-refractivity contribution < 1.29 is 9.59 Å². The van der Waals surface area contributed by atoms with Crippen LogP contribution in [-0.2, 0) is 9.59 Å². The first-order valence-electron chi connectivity index (χ1n) is 8.37. The van der Waals surface area contributed by atoms with E-state index in [1.165, 1.54) is 0 Å². The Morgan fingerprint density at radius 2 is 1.82 bits per heavy atom. The Bertz CT molecular complexity index is 372. The maximum absolute atomic E-state index is 12.3.